The predicted octanol–water partition coefficient (Wildman–Crippen LogP) is 1.64. The van der Waals surface area contributed by atoms with Crippen LogP contribution >= 0.6 is 0 Å². The zero-order chi connectivity index (χ0) is 13.1. The highest BCUT2D eigenvalue weighted by Crippen LogP contribution is 2.23. The highest BCUT2D eigenvalue weighted by atomic mass is 16.7. The second kappa shape index (κ2) is 4.60. The third kappa shape index (κ3) is 2.16. The fraction of sp³-hybridized carbons (Fsp3) is 0.154. The topological polar surface area (TPSA) is 83.1 Å². The SMILES string of the molecule is CC1=CC(Oc2ccc(C#N)cc2C#N)OC1=O. The van der Waals surface area contributed by atoms with E-state index in [1.165, 1.54) is 24.3 Å². The lowest BCUT2D eigenvalue weighted by Gasteiger charge is -2.12. The summed E-state index contributed by atoms with van der Waals surface area (Å²) in [6.45, 7) is 1.62. The molecule has 1 unspecified atom stereocenters. The Bertz CT molecular complexity index is 620. The molecule has 0 radical (unpaired) electrons. The largest absolute Gasteiger partial charge is 0.450 e. The van der Waals surface area contributed by atoms with E-state index in [1.54, 1.807) is 6.92 Å². The second-order valence-electron chi connectivity index (χ2n) is 3.68. The maximum absolute atomic E-state index is 11.2. The normalized spacial score (nSPS) is 17.4. The average molecular weight is 240 g/mol. The molecule has 0 spiro atoms. The molecule has 1 aliphatic heterocycles. The number of rotatable bonds is 2. The smallest absolute Gasteiger partial charge is 0.336 e. The van der Waals surface area contributed by atoms with Gasteiger partial charge in [-0.2, -0.15) is 10.5 Å². The van der Waals surface area contributed by atoms with Gasteiger partial charge in [0.1, 0.15) is 11.8 Å². The van der Waals surface area contributed by atoms with Crippen molar-refractivity contribution in [3.8, 4) is 17.9 Å². The van der Waals surface area contributed by atoms with Gasteiger partial charge in [0, 0.05) is 11.6 Å². The Hall–Kier alpha value is -2.79. The quantitative estimate of drug-likeness (QED) is 0.734. The second-order valence-corrected chi connectivity index (χ2v) is 3.68. The van der Waals surface area contributed by atoms with Crippen molar-refractivity contribution >= 4 is 5.97 Å². The van der Waals surface area contributed by atoms with Crippen LogP contribution in [0.25, 0.3) is 0 Å². The van der Waals surface area contributed by atoms with Gasteiger partial charge in [-0.05, 0) is 25.1 Å². The van der Waals surface area contributed by atoms with Crippen LogP contribution in [0.4, 0.5) is 0 Å². The molecule has 88 valence electrons. The molecule has 1 aromatic carbocycles. The summed E-state index contributed by atoms with van der Waals surface area (Å²) in [6.07, 6.45) is 0.708. The minimum Gasteiger partial charge on any atom is -0.450 e. The van der Waals surface area contributed by atoms with E-state index in [1.807, 2.05) is 12.1 Å². The zero-order valence-electron chi connectivity index (χ0n) is 9.51. The fourth-order valence-electron chi connectivity index (χ4n) is 1.48. The Kier molecular flexibility index (Phi) is 2.99. The summed E-state index contributed by atoms with van der Waals surface area (Å²) in [5, 5.41) is 17.7. The van der Waals surface area contributed by atoms with Crippen molar-refractivity contribution in [2.45, 2.75) is 13.2 Å². The highest BCUT2D eigenvalue weighted by molar-refractivity contribution is 5.90. The highest BCUT2D eigenvalue weighted by Gasteiger charge is 2.24. The molecule has 0 aromatic heterocycles. The first-order valence-electron chi connectivity index (χ1n) is 5.14. The lowest BCUT2D eigenvalue weighted by molar-refractivity contribution is -0.148. The van der Waals surface area contributed by atoms with E-state index in [4.69, 9.17) is 20.0 Å². The number of hydrogen-bond acceptors (Lipinski definition) is 5. The number of nitriles is 2. The van der Waals surface area contributed by atoms with Crippen molar-refractivity contribution in [2.24, 2.45) is 0 Å². The van der Waals surface area contributed by atoms with Gasteiger partial charge in [0.25, 0.3) is 6.29 Å². The molecular weight excluding hydrogens is 232 g/mol. The average Bonchev–Trinajstić information content (AvgIpc) is 2.69. The van der Waals surface area contributed by atoms with Crippen molar-refractivity contribution in [2.75, 3.05) is 0 Å². The third-order valence-electron chi connectivity index (χ3n) is 2.40. The van der Waals surface area contributed by atoms with Gasteiger partial charge >= 0.3 is 5.97 Å². The van der Waals surface area contributed by atoms with E-state index in [0.717, 1.165) is 0 Å². The summed E-state index contributed by atoms with van der Waals surface area (Å²) in [5.41, 5.74) is 1.06. The van der Waals surface area contributed by atoms with Gasteiger partial charge in [-0.1, -0.05) is 0 Å². The van der Waals surface area contributed by atoms with Crippen molar-refractivity contribution in [1.82, 2.24) is 0 Å². The van der Waals surface area contributed by atoms with E-state index < -0.39 is 12.3 Å². The Labute approximate surface area is 103 Å². The van der Waals surface area contributed by atoms with E-state index >= 15 is 0 Å². The summed E-state index contributed by atoms with van der Waals surface area (Å²) in [7, 11) is 0. The number of nitrogens with zero attached hydrogens (tertiary/aromatic N) is 2. The van der Waals surface area contributed by atoms with Gasteiger partial charge in [-0.25, -0.2) is 4.79 Å². The molecular formula is C13H8N2O3. The molecule has 0 N–H and O–H groups in total. The molecule has 1 heterocycles. The molecule has 0 saturated carbocycles. The van der Waals surface area contributed by atoms with Gasteiger partial charge in [0.05, 0.1) is 17.2 Å². The van der Waals surface area contributed by atoms with Crippen LogP contribution in [-0.4, -0.2) is 12.3 Å². The van der Waals surface area contributed by atoms with E-state index in [9.17, 15) is 4.79 Å². The minimum atomic E-state index is -0.822. The van der Waals surface area contributed by atoms with Crippen LogP contribution in [0.15, 0.2) is 29.8 Å². The maximum Gasteiger partial charge on any atom is 0.336 e. The van der Waals surface area contributed by atoms with Crippen LogP contribution in [0.3, 0.4) is 0 Å². The molecule has 1 aromatic rings. The third-order valence-corrected chi connectivity index (χ3v) is 2.40. The monoisotopic (exact) mass is 240 g/mol. The van der Waals surface area contributed by atoms with Crippen LogP contribution in [0.2, 0.25) is 0 Å². The van der Waals surface area contributed by atoms with E-state index in [-0.39, 0.29) is 11.3 Å². The van der Waals surface area contributed by atoms with Gasteiger partial charge in [-0.3, -0.25) is 0 Å². The van der Waals surface area contributed by atoms with Crippen LogP contribution in [0, 0.1) is 22.7 Å². The number of carbonyl (C=O) groups excluding carboxylic acids is 1. The number of ether oxygens (including phenoxy) is 2. The Morgan fingerprint density at radius 3 is 2.67 bits per heavy atom. The molecule has 0 saturated heterocycles. The lowest BCUT2D eigenvalue weighted by Crippen LogP contribution is -2.16. The summed E-state index contributed by atoms with van der Waals surface area (Å²) in [4.78, 5) is 11.2. The van der Waals surface area contributed by atoms with E-state index in [2.05, 4.69) is 0 Å². The predicted molar refractivity (Wildman–Crippen MR) is 60.1 cm³/mol. The first-order chi connectivity index (χ1) is 8.63. The Morgan fingerprint density at radius 1 is 1.33 bits per heavy atom. The molecule has 1 aliphatic rings. The molecule has 5 heteroatoms. The van der Waals surface area contributed by atoms with Crippen LogP contribution in [-0.2, 0) is 9.53 Å². The number of carbonyl (C=O) groups is 1. The summed E-state index contributed by atoms with van der Waals surface area (Å²) in [6, 6.07) is 8.32. The van der Waals surface area contributed by atoms with Gasteiger partial charge < -0.3 is 9.47 Å². The number of esters is 1. The van der Waals surface area contributed by atoms with Gasteiger partial charge in [-0.15, -0.1) is 0 Å². The number of benzene rings is 1. The minimum absolute atomic E-state index is 0.225. The van der Waals surface area contributed by atoms with Crippen LogP contribution < -0.4 is 4.74 Å². The maximum atomic E-state index is 11.2. The first kappa shape index (κ1) is 11.7. The standard InChI is InChI=1S/C13H8N2O3/c1-8-4-12(18-13(8)16)17-11-3-2-9(6-14)5-10(11)7-15/h2-5,12H,1H3. The Balaban J connectivity index is 2.24. The number of cyclic esters (lactones) is 1. The van der Waals surface area contributed by atoms with Crippen molar-refractivity contribution < 1.29 is 14.3 Å². The molecule has 0 aliphatic carbocycles. The van der Waals surface area contributed by atoms with Gasteiger partial charge in [0.2, 0.25) is 0 Å². The van der Waals surface area contributed by atoms with Crippen LogP contribution in [0.5, 0.6) is 5.75 Å². The van der Waals surface area contributed by atoms with Gasteiger partial charge in [0.15, 0.2) is 0 Å². The molecule has 2 rings (SSSR count). The molecule has 0 fully saturated rings. The van der Waals surface area contributed by atoms with Crippen molar-refractivity contribution in [3.63, 3.8) is 0 Å². The Morgan fingerprint density at radius 2 is 2.11 bits per heavy atom. The van der Waals surface area contributed by atoms with Crippen LogP contribution in [0.1, 0.15) is 18.1 Å². The summed E-state index contributed by atoms with van der Waals surface area (Å²) in [5.74, 6) is -0.160. The molecule has 5 nitrogen and oxygen atoms in total. The van der Waals surface area contributed by atoms with Crippen molar-refractivity contribution in [3.05, 3.63) is 41.0 Å². The number of hydrogen-bond donors (Lipinski definition) is 0. The summed E-state index contributed by atoms with van der Waals surface area (Å²) < 4.78 is 10.3. The van der Waals surface area contributed by atoms with E-state index in [0.29, 0.717) is 11.1 Å². The first-order valence-corrected chi connectivity index (χ1v) is 5.14. The zero-order valence-corrected chi connectivity index (χ0v) is 9.51. The summed E-state index contributed by atoms with van der Waals surface area (Å²) >= 11 is 0. The lowest BCUT2D eigenvalue weighted by atomic mass is 10.1. The molecule has 0 amide bonds. The molecule has 18 heavy (non-hydrogen) atoms. The molecule has 0 bridgehead atoms. The van der Waals surface area contributed by atoms with Crippen molar-refractivity contribution in [1.29, 1.82) is 10.5 Å². The fourth-order valence-corrected chi connectivity index (χ4v) is 1.48. The molecule has 1 atom stereocenters.